The minimum absolute atomic E-state index is 0.0527. The number of fused-ring (bicyclic) bond motifs is 1. The van der Waals surface area contributed by atoms with Gasteiger partial charge in [0.2, 0.25) is 15.9 Å². The van der Waals surface area contributed by atoms with E-state index in [2.05, 4.69) is 0 Å². The van der Waals surface area contributed by atoms with Crippen LogP contribution in [0.2, 0.25) is 0 Å². The molecular formula is C19H21FN2O3S. The Labute approximate surface area is 153 Å². The summed E-state index contributed by atoms with van der Waals surface area (Å²) in [4.78, 5) is 14.5. The van der Waals surface area contributed by atoms with E-state index in [-0.39, 0.29) is 23.0 Å². The second kappa shape index (κ2) is 7.17. The molecule has 0 aromatic heterocycles. The summed E-state index contributed by atoms with van der Waals surface area (Å²) in [7, 11) is -0.520. The molecule has 0 spiro atoms. The molecule has 5 nitrogen and oxygen atoms in total. The Morgan fingerprint density at radius 3 is 2.46 bits per heavy atom. The molecule has 26 heavy (non-hydrogen) atoms. The molecule has 0 atom stereocenters. The molecule has 1 amide bonds. The van der Waals surface area contributed by atoms with Gasteiger partial charge >= 0.3 is 0 Å². The lowest BCUT2D eigenvalue weighted by Crippen LogP contribution is -2.37. The summed E-state index contributed by atoms with van der Waals surface area (Å²) >= 11 is 0. The van der Waals surface area contributed by atoms with Crippen molar-refractivity contribution in [3.05, 3.63) is 65.0 Å². The molecule has 0 saturated carbocycles. The van der Waals surface area contributed by atoms with Crippen LogP contribution in [0.5, 0.6) is 0 Å². The number of sulfonamides is 1. The SMILES string of the molecule is CN(C)S(=O)(=O)c1ccc2c(c1)CN(C(=O)Cc1ccc(F)cc1)CC2. The van der Waals surface area contributed by atoms with Crippen molar-refractivity contribution in [1.29, 1.82) is 0 Å². The van der Waals surface area contributed by atoms with Crippen LogP contribution >= 0.6 is 0 Å². The van der Waals surface area contributed by atoms with Crippen molar-refractivity contribution in [2.75, 3.05) is 20.6 Å². The Morgan fingerprint density at radius 2 is 1.81 bits per heavy atom. The largest absolute Gasteiger partial charge is 0.338 e. The second-order valence-corrected chi connectivity index (χ2v) is 8.74. The van der Waals surface area contributed by atoms with Gasteiger partial charge in [0, 0.05) is 27.2 Å². The number of hydrogen-bond acceptors (Lipinski definition) is 3. The average Bonchev–Trinajstić information content (AvgIpc) is 2.62. The molecule has 1 aliphatic heterocycles. The summed E-state index contributed by atoms with van der Waals surface area (Å²) in [5.41, 5.74) is 2.67. The predicted octanol–water partition coefficient (Wildman–Crippen LogP) is 2.20. The fraction of sp³-hybridized carbons (Fsp3) is 0.316. The third kappa shape index (κ3) is 3.78. The normalized spacial score (nSPS) is 14.4. The van der Waals surface area contributed by atoms with Gasteiger partial charge in [-0.1, -0.05) is 18.2 Å². The van der Waals surface area contributed by atoms with E-state index in [4.69, 9.17) is 0 Å². The van der Waals surface area contributed by atoms with Gasteiger partial charge in [0.05, 0.1) is 11.3 Å². The molecule has 2 aromatic rings. The summed E-state index contributed by atoms with van der Waals surface area (Å²) < 4.78 is 38.8. The van der Waals surface area contributed by atoms with Crippen LogP contribution in [-0.4, -0.2) is 44.2 Å². The molecule has 3 rings (SSSR count). The fourth-order valence-corrected chi connectivity index (χ4v) is 3.96. The Kier molecular flexibility index (Phi) is 5.11. The number of amides is 1. The number of carbonyl (C=O) groups is 1. The van der Waals surface area contributed by atoms with Crippen molar-refractivity contribution in [3.63, 3.8) is 0 Å². The van der Waals surface area contributed by atoms with Gasteiger partial charge in [0.1, 0.15) is 5.82 Å². The first-order valence-electron chi connectivity index (χ1n) is 8.34. The molecule has 7 heteroatoms. The Bertz CT molecular complexity index is 924. The molecular weight excluding hydrogens is 355 g/mol. The molecule has 138 valence electrons. The van der Waals surface area contributed by atoms with Crippen LogP contribution in [0.4, 0.5) is 4.39 Å². The van der Waals surface area contributed by atoms with E-state index < -0.39 is 10.0 Å². The van der Waals surface area contributed by atoms with E-state index in [0.29, 0.717) is 19.5 Å². The average molecular weight is 376 g/mol. The smallest absolute Gasteiger partial charge is 0.242 e. The lowest BCUT2D eigenvalue weighted by Gasteiger charge is -2.29. The maximum Gasteiger partial charge on any atom is 0.242 e. The molecule has 0 radical (unpaired) electrons. The summed E-state index contributed by atoms with van der Waals surface area (Å²) in [6, 6.07) is 11.0. The summed E-state index contributed by atoms with van der Waals surface area (Å²) in [6.07, 6.45) is 0.887. The third-order valence-electron chi connectivity index (χ3n) is 4.59. The predicted molar refractivity (Wildman–Crippen MR) is 96.5 cm³/mol. The quantitative estimate of drug-likeness (QED) is 0.822. The molecule has 0 saturated heterocycles. The number of rotatable bonds is 4. The molecule has 1 heterocycles. The van der Waals surface area contributed by atoms with Gasteiger partial charge in [0.25, 0.3) is 0 Å². The lowest BCUT2D eigenvalue weighted by molar-refractivity contribution is -0.131. The summed E-state index contributed by atoms with van der Waals surface area (Å²) in [5, 5.41) is 0. The number of hydrogen-bond donors (Lipinski definition) is 0. The minimum Gasteiger partial charge on any atom is -0.338 e. The van der Waals surface area contributed by atoms with Crippen LogP contribution in [0.1, 0.15) is 16.7 Å². The van der Waals surface area contributed by atoms with Crippen molar-refractivity contribution in [2.45, 2.75) is 24.3 Å². The van der Waals surface area contributed by atoms with Gasteiger partial charge in [0.15, 0.2) is 0 Å². The highest BCUT2D eigenvalue weighted by Crippen LogP contribution is 2.24. The summed E-state index contributed by atoms with van der Waals surface area (Å²) in [6.45, 7) is 0.971. The highest BCUT2D eigenvalue weighted by Gasteiger charge is 2.24. The summed E-state index contributed by atoms with van der Waals surface area (Å²) in [5.74, 6) is -0.383. The fourth-order valence-electron chi connectivity index (χ4n) is 3.01. The first kappa shape index (κ1) is 18.5. The Balaban J connectivity index is 1.78. The van der Waals surface area contributed by atoms with E-state index in [9.17, 15) is 17.6 Å². The number of carbonyl (C=O) groups excluding carboxylic acids is 1. The van der Waals surface area contributed by atoms with Crippen LogP contribution in [0.15, 0.2) is 47.4 Å². The zero-order valence-electron chi connectivity index (χ0n) is 14.8. The number of halogens is 1. The van der Waals surface area contributed by atoms with E-state index in [1.807, 2.05) is 6.07 Å². The minimum atomic E-state index is -3.51. The first-order chi connectivity index (χ1) is 12.3. The van der Waals surface area contributed by atoms with Crippen LogP contribution in [0, 0.1) is 5.82 Å². The van der Waals surface area contributed by atoms with Gasteiger partial charge in [-0.25, -0.2) is 17.1 Å². The topological polar surface area (TPSA) is 57.7 Å². The molecule has 2 aromatic carbocycles. The van der Waals surface area contributed by atoms with Crippen molar-refractivity contribution in [1.82, 2.24) is 9.21 Å². The highest BCUT2D eigenvalue weighted by molar-refractivity contribution is 7.89. The van der Waals surface area contributed by atoms with Gasteiger partial charge in [-0.2, -0.15) is 0 Å². The van der Waals surface area contributed by atoms with Crippen LogP contribution < -0.4 is 0 Å². The maximum absolute atomic E-state index is 13.0. The van der Waals surface area contributed by atoms with Crippen molar-refractivity contribution in [3.8, 4) is 0 Å². The Hall–Kier alpha value is -2.25. The molecule has 1 aliphatic rings. The lowest BCUT2D eigenvalue weighted by atomic mass is 9.99. The maximum atomic E-state index is 13.0. The van der Waals surface area contributed by atoms with Gasteiger partial charge in [-0.3, -0.25) is 4.79 Å². The molecule has 0 bridgehead atoms. The van der Waals surface area contributed by atoms with E-state index in [1.54, 1.807) is 29.2 Å². The van der Waals surface area contributed by atoms with Gasteiger partial charge in [-0.15, -0.1) is 0 Å². The zero-order valence-corrected chi connectivity index (χ0v) is 15.6. The monoisotopic (exact) mass is 376 g/mol. The first-order valence-corrected chi connectivity index (χ1v) is 9.78. The van der Waals surface area contributed by atoms with Crippen LogP contribution in [0.25, 0.3) is 0 Å². The third-order valence-corrected chi connectivity index (χ3v) is 6.40. The second-order valence-electron chi connectivity index (χ2n) is 6.59. The van der Waals surface area contributed by atoms with Gasteiger partial charge < -0.3 is 4.90 Å². The molecule has 0 aliphatic carbocycles. The Morgan fingerprint density at radius 1 is 1.12 bits per heavy atom. The highest BCUT2D eigenvalue weighted by atomic mass is 32.2. The van der Waals surface area contributed by atoms with Crippen molar-refractivity contribution in [2.24, 2.45) is 0 Å². The van der Waals surface area contributed by atoms with E-state index in [1.165, 1.54) is 30.5 Å². The van der Waals surface area contributed by atoms with E-state index in [0.717, 1.165) is 16.7 Å². The van der Waals surface area contributed by atoms with Crippen molar-refractivity contribution < 1.29 is 17.6 Å². The van der Waals surface area contributed by atoms with Crippen molar-refractivity contribution >= 4 is 15.9 Å². The standard InChI is InChI=1S/C19H21FN2O3S/c1-21(2)26(24,25)18-8-5-15-9-10-22(13-16(15)12-18)19(23)11-14-3-6-17(20)7-4-14/h3-8,12H,9-11,13H2,1-2H3. The van der Waals surface area contributed by atoms with Crippen LogP contribution in [-0.2, 0) is 34.2 Å². The molecule has 0 unspecified atom stereocenters. The van der Waals surface area contributed by atoms with E-state index >= 15 is 0 Å². The number of nitrogens with zero attached hydrogens (tertiary/aromatic N) is 2. The van der Waals surface area contributed by atoms with Crippen LogP contribution in [0.3, 0.4) is 0 Å². The zero-order chi connectivity index (χ0) is 18.9. The number of benzene rings is 2. The molecule has 0 N–H and O–H groups in total. The van der Waals surface area contributed by atoms with Gasteiger partial charge in [-0.05, 0) is 47.4 Å². The molecule has 0 fully saturated rings.